The van der Waals surface area contributed by atoms with E-state index in [1.807, 2.05) is 30.3 Å². The third kappa shape index (κ3) is 3.84. The van der Waals surface area contributed by atoms with E-state index in [4.69, 9.17) is 9.47 Å². The molecule has 2 aliphatic rings. The minimum Gasteiger partial charge on any atom is -0.486 e. The Morgan fingerprint density at radius 3 is 2.52 bits per heavy atom. The van der Waals surface area contributed by atoms with Crippen LogP contribution in [0, 0.1) is 0 Å². The molecule has 0 unspecified atom stereocenters. The molecular weight excluding hydrogens is 358 g/mol. The molecule has 2 aromatic rings. The van der Waals surface area contributed by atoms with E-state index in [2.05, 4.69) is 18.7 Å². The Kier molecular flexibility index (Phi) is 5.39. The van der Waals surface area contributed by atoms with Crippen molar-refractivity contribution < 1.29 is 14.3 Å². The summed E-state index contributed by atoms with van der Waals surface area (Å²) in [4.78, 5) is 17.3. The number of carbonyl (C=O) groups excluding carboxylic acids is 1. The number of rotatable bonds is 4. The van der Waals surface area contributed by atoms with Gasteiger partial charge in [0.2, 0.25) is 0 Å². The summed E-state index contributed by atoms with van der Waals surface area (Å²) in [5.41, 5.74) is 1.07. The zero-order valence-corrected chi connectivity index (χ0v) is 16.9. The van der Waals surface area contributed by atoms with Crippen LogP contribution >= 0.6 is 11.3 Å². The highest BCUT2D eigenvalue weighted by Gasteiger charge is 2.29. The molecule has 27 heavy (non-hydrogen) atoms. The molecule has 1 saturated carbocycles. The van der Waals surface area contributed by atoms with Gasteiger partial charge in [0.25, 0.3) is 5.91 Å². The minimum absolute atomic E-state index is 0.172. The predicted molar refractivity (Wildman–Crippen MR) is 109 cm³/mol. The summed E-state index contributed by atoms with van der Waals surface area (Å²) in [6, 6.07) is 10.6. The van der Waals surface area contributed by atoms with E-state index >= 15 is 0 Å². The van der Waals surface area contributed by atoms with Crippen LogP contribution < -0.4 is 9.47 Å². The van der Waals surface area contributed by atoms with Crippen molar-refractivity contribution >= 4 is 17.2 Å². The average Bonchev–Trinajstić information content (AvgIpc) is 3.18. The van der Waals surface area contributed by atoms with Crippen molar-refractivity contribution in [1.82, 2.24) is 4.90 Å². The van der Waals surface area contributed by atoms with Gasteiger partial charge in [0.05, 0.1) is 4.88 Å². The van der Waals surface area contributed by atoms with Gasteiger partial charge in [0.1, 0.15) is 13.2 Å². The molecule has 0 bridgehead atoms. The third-order valence-corrected chi connectivity index (χ3v) is 6.52. The second-order valence-corrected chi connectivity index (χ2v) is 8.70. The van der Waals surface area contributed by atoms with Crippen molar-refractivity contribution in [1.29, 1.82) is 0 Å². The maximum atomic E-state index is 13.3. The number of ether oxygens (including phenoxy) is 2. The number of carbonyl (C=O) groups is 1. The van der Waals surface area contributed by atoms with Gasteiger partial charge < -0.3 is 14.4 Å². The van der Waals surface area contributed by atoms with Crippen LogP contribution in [0.15, 0.2) is 30.3 Å². The molecule has 0 atom stereocenters. The molecule has 1 amide bonds. The van der Waals surface area contributed by atoms with E-state index in [0.717, 1.165) is 39.7 Å². The van der Waals surface area contributed by atoms with Gasteiger partial charge in [0.15, 0.2) is 11.5 Å². The van der Waals surface area contributed by atoms with Gasteiger partial charge in [-0.25, -0.2) is 0 Å². The SMILES string of the molecule is CC(C)N(C(=O)c1ccc(-c2ccc3c(c2)OCCO3)s1)C1CCCCC1. The molecule has 5 heteroatoms. The highest BCUT2D eigenvalue weighted by molar-refractivity contribution is 7.17. The maximum Gasteiger partial charge on any atom is 0.264 e. The highest BCUT2D eigenvalue weighted by atomic mass is 32.1. The number of hydrogen-bond donors (Lipinski definition) is 0. The summed E-state index contributed by atoms with van der Waals surface area (Å²) < 4.78 is 11.3. The summed E-state index contributed by atoms with van der Waals surface area (Å²) in [6.07, 6.45) is 6.01. The lowest BCUT2D eigenvalue weighted by atomic mass is 9.93. The van der Waals surface area contributed by atoms with Crippen molar-refractivity contribution in [2.24, 2.45) is 0 Å². The average molecular weight is 386 g/mol. The van der Waals surface area contributed by atoms with Crippen LogP contribution in [-0.4, -0.2) is 36.1 Å². The minimum atomic E-state index is 0.172. The Labute approximate surface area is 165 Å². The van der Waals surface area contributed by atoms with E-state index < -0.39 is 0 Å². The Balaban J connectivity index is 1.56. The van der Waals surface area contributed by atoms with Gasteiger partial charge in [-0.15, -0.1) is 11.3 Å². The van der Waals surface area contributed by atoms with Crippen LogP contribution in [0.3, 0.4) is 0 Å². The van der Waals surface area contributed by atoms with Gasteiger partial charge in [-0.1, -0.05) is 19.3 Å². The monoisotopic (exact) mass is 385 g/mol. The lowest BCUT2D eigenvalue weighted by molar-refractivity contribution is 0.0560. The summed E-state index contributed by atoms with van der Waals surface area (Å²) in [6.45, 7) is 5.43. The molecular formula is C22H27NO3S. The van der Waals surface area contributed by atoms with Crippen molar-refractivity contribution in [2.75, 3.05) is 13.2 Å². The standard InChI is InChI=1S/C22H27NO3S/c1-15(2)23(17-6-4-3-5-7-17)22(24)21-11-10-20(27-21)16-8-9-18-19(14-16)26-13-12-25-18/h8-11,14-15,17H,3-7,12-13H2,1-2H3. The molecule has 4 rings (SSSR count). The normalized spacial score (nSPS) is 17.1. The fourth-order valence-corrected chi connectivity index (χ4v) is 5.06. The smallest absolute Gasteiger partial charge is 0.264 e. The molecule has 1 aromatic heterocycles. The molecule has 1 aliphatic carbocycles. The summed E-state index contributed by atoms with van der Waals surface area (Å²) in [5, 5.41) is 0. The summed E-state index contributed by atoms with van der Waals surface area (Å²) in [5.74, 6) is 1.75. The summed E-state index contributed by atoms with van der Waals surface area (Å²) >= 11 is 1.57. The Hall–Kier alpha value is -2.01. The number of thiophene rings is 1. The van der Waals surface area contributed by atoms with E-state index in [9.17, 15) is 4.79 Å². The zero-order chi connectivity index (χ0) is 18.8. The van der Waals surface area contributed by atoms with Gasteiger partial charge in [-0.3, -0.25) is 4.79 Å². The lowest BCUT2D eigenvalue weighted by Crippen LogP contribution is -2.45. The first-order chi connectivity index (χ1) is 13.1. The quantitative estimate of drug-likeness (QED) is 0.710. The number of amides is 1. The first-order valence-electron chi connectivity index (χ1n) is 9.96. The van der Waals surface area contributed by atoms with Crippen molar-refractivity contribution in [3.05, 3.63) is 35.2 Å². The molecule has 0 radical (unpaired) electrons. The molecule has 0 saturated heterocycles. The molecule has 1 aromatic carbocycles. The van der Waals surface area contributed by atoms with Crippen LogP contribution in [0.2, 0.25) is 0 Å². The molecule has 144 valence electrons. The second-order valence-electron chi connectivity index (χ2n) is 7.62. The van der Waals surface area contributed by atoms with Gasteiger partial charge in [-0.2, -0.15) is 0 Å². The molecule has 2 heterocycles. The largest absolute Gasteiger partial charge is 0.486 e. The molecule has 1 fully saturated rings. The van der Waals surface area contributed by atoms with Crippen LogP contribution in [0.4, 0.5) is 0 Å². The predicted octanol–water partition coefficient (Wildman–Crippen LogP) is 5.37. The highest BCUT2D eigenvalue weighted by Crippen LogP contribution is 2.37. The lowest BCUT2D eigenvalue weighted by Gasteiger charge is -2.37. The third-order valence-electron chi connectivity index (χ3n) is 5.40. The fraction of sp³-hybridized carbons (Fsp3) is 0.500. The number of hydrogen-bond acceptors (Lipinski definition) is 4. The topological polar surface area (TPSA) is 38.8 Å². The van der Waals surface area contributed by atoms with Gasteiger partial charge in [-0.05, 0) is 62.6 Å². The fourth-order valence-electron chi connectivity index (χ4n) is 4.11. The Morgan fingerprint density at radius 2 is 1.78 bits per heavy atom. The van der Waals surface area contributed by atoms with Crippen LogP contribution in [-0.2, 0) is 0 Å². The van der Waals surface area contributed by atoms with Crippen molar-refractivity contribution in [3.8, 4) is 21.9 Å². The van der Waals surface area contributed by atoms with Crippen LogP contribution in [0.1, 0.15) is 55.6 Å². The first kappa shape index (κ1) is 18.4. The Bertz CT molecular complexity index is 808. The first-order valence-corrected chi connectivity index (χ1v) is 10.8. The van der Waals surface area contributed by atoms with E-state index in [1.54, 1.807) is 11.3 Å². The molecule has 0 N–H and O–H groups in total. The second kappa shape index (κ2) is 7.93. The Morgan fingerprint density at radius 1 is 1.04 bits per heavy atom. The number of benzene rings is 1. The molecule has 1 aliphatic heterocycles. The number of fused-ring (bicyclic) bond motifs is 1. The number of nitrogens with zero attached hydrogens (tertiary/aromatic N) is 1. The maximum absolute atomic E-state index is 13.3. The van der Waals surface area contributed by atoms with Crippen LogP contribution in [0.5, 0.6) is 11.5 Å². The van der Waals surface area contributed by atoms with E-state index in [1.165, 1.54) is 19.3 Å². The van der Waals surface area contributed by atoms with Crippen LogP contribution in [0.25, 0.3) is 10.4 Å². The molecule has 4 nitrogen and oxygen atoms in total. The summed E-state index contributed by atoms with van der Waals surface area (Å²) in [7, 11) is 0. The molecule has 0 spiro atoms. The van der Waals surface area contributed by atoms with Gasteiger partial charge >= 0.3 is 0 Å². The van der Waals surface area contributed by atoms with E-state index in [-0.39, 0.29) is 11.9 Å². The van der Waals surface area contributed by atoms with E-state index in [0.29, 0.717) is 19.3 Å². The van der Waals surface area contributed by atoms with Gasteiger partial charge in [0, 0.05) is 17.0 Å². The van der Waals surface area contributed by atoms with Crippen molar-refractivity contribution in [2.45, 2.75) is 58.0 Å². The van der Waals surface area contributed by atoms with Crippen molar-refractivity contribution in [3.63, 3.8) is 0 Å². The zero-order valence-electron chi connectivity index (χ0n) is 16.1.